The minimum absolute atomic E-state index is 0.00694. The molecule has 1 aliphatic heterocycles. The number of nitrogens with zero attached hydrogens (tertiary/aromatic N) is 1. The first-order valence-corrected chi connectivity index (χ1v) is 2.53. The van der Waals surface area contributed by atoms with Gasteiger partial charge in [-0.05, 0) is 0 Å². The zero-order valence-corrected chi connectivity index (χ0v) is 4.54. The lowest BCUT2D eigenvalue weighted by Crippen LogP contribution is -2.29. The van der Waals surface area contributed by atoms with E-state index in [1.807, 2.05) is 0 Å². The second-order valence-corrected chi connectivity index (χ2v) is 1.80. The van der Waals surface area contributed by atoms with Crippen LogP contribution in [0.4, 0.5) is 0 Å². The Morgan fingerprint density at radius 1 is 1.75 bits per heavy atom. The van der Waals surface area contributed by atoms with Gasteiger partial charge in [-0.1, -0.05) is 0 Å². The second kappa shape index (κ2) is 1.96. The summed E-state index contributed by atoms with van der Waals surface area (Å²) in [6, 6.07) is -0.00694. The summed E-state index contributed by atoms with van der Waals surface area (Å²) < 4.78 is 0. The van der Waals surface area contributed by atoms with Gasteiger partial charge >= 0.3 is 0 Å². The van der Waals surface area contributed by atoms with E-state index in [0.29, 0.717) is 5.70 Å². The van der Waals surface area contributed by atoms with Crippen molar-refractivity contribution in [3.05, 3.63) is 11.9 Å². The summed E-state index contributed by atoms with van der Waals surface area (Å²) in [6.45, 7) is 0. The van der Waals surface area contributed by atoms with E-state index in [0.717, 1.165) is 6.42 Å². The smallest absolute Gasteiger partial charge is 0.0508 e. The summed E-state index contributed by atoms with van der Waals surface area (Å²) in [6.07, 6.45) is 4.12. The van der Waals surface area contributed by atoms with Gasteiger partial charge in [0.2, 0.25) is 0 Å². The number of rotatable bonds is 0. The Bertz CT molecular complexity index is 137. The third kappa shape index (κ3) is 0.869. The molecule has 0 aromatic carbocycles. The molecule has 0 aromatic rings. The number of hydrogen-bond donors (Lipinski definition) is 2. The van der Waals surface area contributed by atoms with E-state index in [-0.39, 0.29) is 6.04 Å². The van der Waals surface area contributed by atoms with Crippen molar-refractivity contribution in [3.8, 4) is 0 Å². The van der Waals surface area contributed by atoms with Gasteiger partial charge in [0, 0.05) is 24.5 Å². The minimum Gasteiger partial charge on any atom is -0.400 e. The van der Waals surface area contributed by atoms with E-state index >= 15 is 0 Å². The largest absolute Gasteiger partial charge is 0.400 e. The lowest BCUT2D eigenvalue weighted by molar-refractivity contribution is 0.786. The van der Waals surface area contributed by atoms with Crippen LogP contribution in [0, 0.1) is 0 Å². The fourth-order valence-electron chi connectivity index (χ4n) is 0.545. The van der Waals surface area contributed by atoms with Crippen molar-refractivity contribution < 1.29 is 0 Å². The zero-order valence-electron chi connectivity index (χ0n) is 4.54. The quantitative estimate of drug-likeness (QED) is 0.446. The average Bonchev–Trinajstić information content (AvgIpc) is 1.77. The number of nitrogens with two attached hydrogens (primary N) is 2. The molecule has 4 N–H and O–H groups in total. The van der Waals surface area contributed by atoms with Crippen LogP contribution >= 0.6 is 0 Å². The van der Waals surface area contributed by atoms with E-state index in [9.17, 15) is 0 Å². The Morgan fingerprint density at radius 2 is 2.50 bits per heavy atom. The van der Waals surface area contributed by atoms with Crippen molar-refractivity contribution in [2.45, 2.75) is 12.5 Å². The van der Waals surface area contributed by atoms with Crippen LogP contribution in [0.5, 0.6) is 0 Å². The molecule has 8 heavy (non-hydrogen) atoms. The van der Waals surface area contributed by atoms with Gasteiger partial charge in [0.15, 0.2) is 0 Å². The summed E-state index contributed by atoms with van der Waals surface area (Å²) in [5.74, 6) is 0. The SMILES string of the molecule is NC1=CN=CCC1N. The molecule has 0 spiro atoms. The Hall–Kier alpha value is -0.830. The molecular weight excluding hydrogens is 102 g/mol. The summed E-state index contributed by atoms with van der Waals surface area (Å²) >= 11 is 0. The van der Waals surface area contributed by atoms with Crippen LogP contribution in [0.2, 0.25) is 0 Å². The molecule has 1 unspecified atom stereocenters. The lowest BCUT2D eigenvalue weighted by atomic mass is 10.1. The first-order chi connectivity index (χ1) is 3.80. The summed E-state index contributed by atoms with van der Waals surface area (Å²) in [5, 5.41) is 0. The van der Waals surface area contributed by atoms with Gasteiger partial charge in [-0.15, -0.1) is 0 Å². The highest BCUT2D eigenvalue weighted by Crippen LogP contribution is 1.99. The van der Waals surface area contributed by atoms with E-state index in [1.165, 1.54) is 0 Å². The number of aliphatic imine (C=N–C) groups is 1. The summed E-state index contributed by atoms with van der Waals surface area (Å²) in [7, 11) is 0. The van der Waals surface area contributed by atoms with Crippen LogP contribution in [0.1, 0.15) is 6.42 Å². The Labute approximate surface area is 48.1 Å². The molecule has 0 aliphatic carbocycles. The van der Waals surface area contributed by atoms with Crippen LogP contribution in [-0.2, 0) is 0 Å². The van der Waals surface area contributed by atoms with Gasteiger partial charge in [0.25, 0.3) is 0 Å². The molecule has 3 heteroatoms. The molecule has 3 nitrogen and oxygen atoms in total. The standard InChI is InChI=1S/C5H9N3/c6-4-1-2-8-3-5(4)7/h2-4H,1,6-7H2. The summed E-state index contributed by atoms with van der Waals surface area (Å²) in [4.78, 5) is 3.82. The van der Waals surface area contributed by atoms with Crippen molar-refractivity contribution in [2.24, 2.45) is 16.5 Å². The molecule has 0 saturated heterocycles. The highest BCUT2D eigenvalue weighted by atomic mass is 14.8. The van der Waals surface area contributed by atoms with Crippen LogP contribution in [0.3, 0.4) is 0 Å². The highest BCUT2D eigenvalue weighted by Gasteiger charge is 2.05. The maximum absolute atomic E-state index is 5.49. The topological polar surface area (TPSA) is 64.4 Å². The fourth-order valence-corrected chi connectivity index (χ4v) is 0.545. The van der Waals surface area contributed by atoms with E-state index in [4.69, 9.17) is 11.5 Å². The molecule has 0 amide bonds. The van der Waals surface area contributed by atoms with Gasteiger partial charge < -0.3 is 11.5 Å². The predicted molar refractivity (Wildman–Crippen MR) is 33.4 cm³/mol. The lowest BCUT2D eigenvalue weighted by Gasteiger charge is -2.10. The van der Waals surface area contributed by atoms with Crippen molar-refractivity contribution in [3.63, 3.8) is 0 Å². The Kier molecular flexibility index (Phi) is 1.30. The molecule has 44 valence electrons. The average molecular weight is 111 g/mol. The predicted octanol–water partition coefficient (Wildman–Crippen LogP) is -0.412. The monoisotopic (exact) mass is 111 g/mol. The van der Waals surface area contributed by atoms with Gasteiger partial charge in [-0.2, -0.15) is 0 Å². The molecule has 1 atom stereocenters. The molecule has 0 radical (unpaired) electrons. The molecular formula is C5H9N3. The highest BCUT2D eigenvalue weighted by molar-refractivity contribution is 5.61. The van der Waals surface area contributed by atoms with Gasteiger partial charge in [0.1, 0.15) is 0 Å². The van der Waals surface area contributed by atoms with Crippen molar-refractivity contribution in [2.75, 3.05) is 0 Å². The zero-order chi connectivity index (χ0) is 5.98. The second-order valence-electron chi connectivity index (χ2n) is 1.80. The van der Waals surface area contributed by atoms with Crippen molar-refractivity contribution >= 4 is 6.21 Å². The molecule has 1 heterocycles. The minimum atomic E-state index is -0.00694. The van der Waals surface area contributed by atoms with E-state index in [2.05, 4.69) is 4.99 Å². The van der Waals surface area contributed by atoms with Crippen molar-refractivity contribution in [1.82, 2.24) is 0 Å². The van der Waals surface area contributed by atoms with Crippen LogP contribution in [-0.4, -0.2) is 12.3 Å². The van der Waals surface area contributed by atoms with E-state index < -0.39 is 0 Å². The molecule has 0 fully saturated rings. The Balaban J connectivity index is 2.66. The first-order valence-electron chi connectivity index (χ1n) is 2.53. The van der Waals surface area contributed by atoms with Crippen LogP contribution in [0.15, 0.2) is 16.9 Å². The molecule has 0 saturated carbocycles. The number of hydrogen-bond acceptors (Lipinski definition) is 3. The van der Waals surface area contributed by atoms with E-state index in [1.54, 1.807) is 12.4 Å². The maximum atomic E-state index is 5.49. The Morgan fingerprint density at radius 3 is 2.88 bits per heavy atom. The molecule has 1 aliphatic rings. The summed E-state index contributed by atoms with van der Waals surface area (Å²) in [5.41, 5.74) is 11.6. The normalized spacial score (nSPS) is 27.6. The third-order valence-electron chi connectivity index (χ3n) is 1.12. The van der Waals surface area contributed by atoms with Gasteiger partial charge in [0.05, 0.1) is 6.04 Å². The maximum Gasteiger partial charge on any atom is 0.0508 e. The van der Waals surface area contributed by atoms with Gasteiger partial charge in [-0.3, -0.25) is 4.99 Å². The van der Waals surface area contributed by atoms with Gasteiger partial charge in [-0.25, -0.2) is 0 Å². The molecule has 0 aromatic heterocycles. The van der Waals surface area contributed by atoms with Crippen molar-refractivity contribution in [1.29, 1.82) is 0 Å². The third-order valence-corrected chi connectivity index (χ3v) is 1.12. The molecule has 1 rings (SSSR count). The molecule has 0 bridgehead atoms. The first kappa shape index (κ1) is 5.31. The fraction of sp³-hybridized carbons (Fsp3) is 0.400. The van der Waals surface area contributed by atoms with Crippen LogP contribution in [0.25, 0.3) is 0 Å². The van der Waals surface area contributed by atoms with Crippen LogP contribution < -0.4 is 11.5 Å².